The molecule has 0 aliphatic rings. The first-order chi connectivity index (χ1) is 9.03. The van der Waals surface area contributed by atoms with Gasteiger partial charge in [-0.25, -0.2) is 0 Å². The molecule has 0 saturated carbocycles. The van der Waals surface area contributed by atoms with E-state index >= 15 is 0 Å². The summed E-state index contributed by atoms with van der Waals surface area (Å²) in [5.74, 6) is -0.507. The Bertz CT molecular complexity index is 536. The Hall–Kier alpha value is -1.87. The minimum absolute atomic E-state index is 0.0590. The van der Waals surface area contributed by atoms with Crippen LogP contribution in [0.5, 0.6) is 5.75 Å². The lowest BCUT2D eigenvalue weighted by Crippen LogP contribution is -2.25. The molecular weight excluding hydrogens is 266 g/mol. The van der Waals surface area contributed by atoms with E-state index in [0.717, 1.165) is 0 Å². The molecule has 2 atom stereocenters. The second-order valence-corrected chi connectivity index (χ2v) is 5.52. The Morgan fingerprint density at radius 2 is 2.26 bits per heavy atom. The van der Waals surface area contributed by atoms with Crippen molar-refractivity contribution >= 4 is 16.8 Å². The SMILES string of the molecule is CCC(C(=O)O)S(=O)Cc1cc(C#N)ccc1OC. The Morgan fingerprint density at radius 3 is 2.74 bits per heavy atom. The normalized spacial score (nSPS) is 13.3. The monoisotopic (exact) mass is 281 g/mol. The largest absolute Gasteiger partial charge is 0.496 e. The molecule has 1 rings (SSSR count). The fraction of sp³-hybridized carbons (Fsp3) is 0.385. The predicted molar refractivity (Wildman–Crippen MR) is 71.3 cm³/mol. The van der Waals surface area contributed by atoms with Crippen LogP contribution in [0, 0.1) is 11.3 Å². The van der Waals surface area contributed by atoms with Crippen molar-refractivity contribution in [1.82, 2.24) is 0 Å². The zero-order chi connectivity index (χ0) is 14.4. The van der Waals surface area contributed by atoms with E-state index in [4.69, 9.17) is 15.1 Å². The van der Waals surface area contributed by atoms with Crippen molar-refractivity contribution in [3.8, 4) is 11.8 Å². The molecule has 102 valence electrons. The maximum absolute atomic E-state index is 12.0. The Labute approximate surface area is 114 Å². The molecule has 1 aromatic carbocycles. The standard InChI is InChI=1S/C13H15NO4S/c1-3-12(13(15)16)19(17)8-10-6-9(7-14)4-5-11(10)18-2/h4-6,12H,3,8H2,1-2H3,(H,15,16). The van der Waals surface area contributed by atoms with Crippen molar-refractivity contribution < 1.29 is 18.8 Å². The van der Waals surface area contributed by atoms with Crippen molar-refractivity contribution in [1.29, 1.82) is 5.26 Å². The van der Waals surface area contributed by atoms with Crippen molar-refractivity contribution in [2.45, 2.75) is 24.3 Å². The number of nitriles is 1. The number of nitrogens with zero attached hydrogens (tertiary/aromatic N) is 1. The van der Waals surface area contributed by atoms with Crippen LogP contribution in [-0.2, 0) is 21.3 Å². The third kappa shape index (κ3) is 3.80. The molecule has 0 aromatic heterocycles. The fourth-order valence-corrected chi connectivity index (χ4v) is 3.02. The van der Waals surface area contributed by atoms with E-state index in [0.29, 0.717) is 23.3 Å². The highest BCUT2D eigenvalue weighted by Crippen LogP contribution is 2.22. The Balaban J connectivity index is 3.01. The van der Waals surface area contributed by atoms with E-state index in [-0.39, 0.29) is 5.75 Å². The summed E-state index contributed by atoms with van der Waals surface area (Å²) in [5, 5.41) is 16.9. The summed E-state index contributed by atoms with van der Waals surface area (Å²) in [6, 6.07) is 6.78. The quantitative estimate of drug-likeness (QED) is 0.857. The highest BCUT2D eigenvalue weighted by Gasteiger charge is 2.23. The minimum atomic E-state index is -1.55. The van der Waals surface area contributed by atoms with E-state index in [2.05, 4.69) is 0 Å². The van der Waals surface area contributed by atoms with Crippen molar-refractivity contribution in [3.05, 3.63) is 29.3 Å². The number of hydrogen-bond acceptors (Lipinski definition) is 4. The molecule has 19 heavy (non-hydrogen) atoms. The molecule has 0 amide bonds. The zero-order valence-corrected chi connectivity index (χ0v) is 11.6. The molecular formula is C13H15NO4S. The van der Waals surface area contributed by atoms with Crippen LogP contribution in [0.3, 0.4) is 0 Å². The van der Waals surface area contributed by atoms with Gasteiger partial charge in [0, 0.05) is 16.4 Å². The van der Waals surface area contributed by atoms with Crippen LogP contribution < -0.4 is 4.74 Å². The van der Waals surface area contributed by atoms with Gasteiger partial charge < -0.3 is 9.84 Å². The van der Waals surface area contributed by atoms with Gasteiger partial charge in [-0.05, 0) is 24.6 Å². The Kier molecular flexibility index (Phi) is 5.52. The minimum Gasteiger partial charge on any atom is -0.496 e. The fourth-order valence-electron chi connectivity index (χ4n) is 1.69. The second kappa shape index (κ2) is 6.90. The number of benzene rings is 1. The zero-order valence-electron chi connectivity index (χ0n) is 10.8. The number of aliphatic carboxylic acids is 1. The molecule has 1 aromatic rings. The van der Waals surface area contributed by atoms with Gasteiger partial charge in [-0.1, -0.05) is 6.92 Å². The second-order valence-electron chi connectivity index (χ2n) is 3.90. The lowest BCUT2D eigenvalue weighted by molar-refractivity contribution is -0.136. The topological polar surface area (TPSA) is 87.4 Å². The van der Waals surface area contributed by atoms with Gasteiger partial charge in [-0.3, -0.25) is 9.00 Å². The van der Waals surface area contributed by atoms with Gasteiger partial charge in [0.05, 0.1) is 24.5 Å². The van der Waals surface area contributed by atoms with Crippen LogP contribution >= 0.6 is 0 Å². The summed E-state index contributed by atoms with van der Waals surface area (Å²) in [6.45, 7) is 1.68. The van der Waals surface area contributed by atoms with Crippen LogP contribution in [0.1, 0.15) is 24.5 Å². The molecule has 0 bridgehead atoms. The van der Waals surface area contributed by atoms with Gasteiger partial charge in [0.1, 0.15) is 11.0 Å². The summed E-state index contributed by atoms with van der Waals surface area (Å²) in [4.78, 5) is 11.0. The Morgan fingerprint density at radius 1 is 1.58 bits per heavy atom. The van der Waals surface area contributed by atoms with E-state index < -0.39 is 22.0 Å². The van der Waals surface area contributed by atoms with E-state index in [1.807, 2.05) is 6.07 Å². The van der Waals surface area contributed by atoms with Crippen LogP contribution in [-0.4, -0.2) is 27.6 Å². The van der Waals surface area contributed by atoms with Gasteiger partial charge in [-0.2, -0.15) is 5.26 Å². The lowest BCUT2D eigenvalue weighted by atomic mass is 10.1. The number of carboxylic acid groups (broad SMARTS) is 1. The summed E-state index contributed by atoms with van der Waals surface area (Å²) in [6.07, 6.45) is 0.294. The third-order valence-electron chi connectivity index (χ3n) is 2.67. The van der Waals surface area contributed by atoms with Crippen molar-refractivity contribution in [3.63, 3.8) is 0 Å². The molecule has 0 aliphatic heterocycles. The smallest absolute Gasteiger partial charge is 0.319 e. The van der Waals surface area contributed by atoms with Crippen LogP contribution in [0.25, 0.3) is 0 Å². The highest BCUT2D eigenvalue weighted by atomic mass is 32.2. The maximum Gasteiger partial charge on any atom is 0.319 e. The molecule has 0 saturated heterocycles. The molecule has 0 aliphatic carbocycles. The summed E-state index contributed by atoms with van der Waals surface area (Å²) < 4.78 is 17.2. The molecule has 0 radical (unpaired) electrons. The van der Waals surface area contributed by atoms with Gasteiger partial charge >= 0.3 is 5.97 Å². The molecule has 0 spiro atoms. The first kappa shape index (κ1) is 15.2. The van der Waals surface area contributed by atoms with Crippen LogP contribution in [0.4, 0.5) is 0 Å². The molecule has 1 N–H and O–H groups in total. The van der Waals surface area contributed by atoms with Gasteiger partial charge in [0.15, 0.2) is 0 Å². The van der Waals surface area contributed by atoms with Gasteiger partial charge in [-0.15, -0.1) is 0 Å². The first-order valence-electron chi connectivity index (χ1n) is 5.70. The summed E-state index contributed by atoms with van der Waals surface area (Å²) in [5.41, 5.74) is 1.01. The molecule has 2 unspecified atom stereocenters. The summed E-state index contributed by atoms with van der Waals surface area (Å²) in [7, 11) is -0.0755. The van der Waals surface area contributed by atoms with Crippen molar-refractivity contribution in [2.24, 2.45) is 0 Å². The molecule has 0 heterocycles. The van der Waals surface area contributed by atoms with E-state index in [1.54, 1.807) is 25.1 Å². The number of carboxylic acids is 1. The van der Waals surface area contributed by atoms with Gasteiger partial charge in [0.25, 0.3) is 0 Å². The third-order valence-corrected chi connectivity index (χ3v) is 4.44. The van der Waals surface area contributed by atoms with Gasteiger partial charge in [0.2, 0.25) is 0 Å². The van der Waals surface area contributed by atoms with Crippen LogP contribution in [0.15, 0.2) is 18.2 Å². The number of rotatable bonds is 6. The van der Waals surface area contributed by atoms with E-state index in [9.17, 15) is 9.00 Å². The maximum atomic E-state index is 12.0. The van der Waals surface area contributed by atoms with E-state index in [1.165, 1.54) is 7.11 Å². The lowest BCUT2D eigenvalue weighted by Gasteiger charge is -2.12. The predicted octanol–water partition coefficient (Wildman–Crippen LogP) is 1.68. The average molecular weight is 281 g/mol. The first-order valence-corrected chi connectivity index (χ1v) is 7.08. The number of carbonyl (C=O) groups is 1. The molecule has 6 heteroatoms. The van der Waals surface area contributed by atoms with Crippen molar-refractivity contribution in [2.75, 3.05) is 7.11 Å². The number of hydrogen-bond donors (Lipinski definition) is 1. The summed E-state index contributed by atoms with van der Waals surface area (Å²) >= 11 is 0. The highest BCUT2D eigenvalue weighted by molar-refractivity contribution is 7.85. The average Bonchev–Trinajstić information content (AvgIpc) is 2.38. The number of ether oxygens (including phenoxy) is 1. The molecule has 5 nitrogen and oxygen atoms in total. The molecule has 0 fully saturated rings. The number of methoxy groups -OCH3 is 1. The van der Waals surface area contributed by atoms with Crippen LogP contribution in [0.2, 0.25) is 0 Å².